The van der Waals surface area contributed by atoms with Crippen LogP contribution in [-0.2, 0) is 19.1 Å². The van der Waals surface area contributed by atoms with Crippen LogP contribution in [0.15, 0.2) is 35.5 Å². The quantitative estimate of drug-likeness (QED) is 0.847. The minimum absolute atomic E-state index is 0.278. The van der Waals surface area contributed by atoms with Crippen LogP contribution in [0.4, 0.5) is 5.69 Å². The Balaban J connectivity index is 2.66. The van der Waals surface area contributed by atoms with Crippen molar-refractivity contribution in [3.63, 3.8) is 0 Å². The Morgan fingerprint density at radius 3 is 2.13 bits per heavy atom. The van der Waals surface area contributed by atoms with Gasteiger partial charge in [-0.25, -0.2) is 9.59 Å². The average molecular weight is 319 g/mol. The van der Waals surface area contributed by atoms with E-state index in [1.54, 1.807) is 24.3 Å². The van der Waals surface area contributed by atoms with Gasteiger partial charge in [-0.1, -0.05) is 0 Å². The van der Waals surface area contributed by atoms with E-state index < -0.39 is 23.3 Å². The first-order valence-corrected chi connectivity index (χ1v) is 6.80. The van der Waals surface area contributed by atoms with Gasteiger partial charge in [0.1, 0.15) is 11.4 Å². The van der Waals surface area contributed by atoms with Gasteiger partial charge in [0.05, 0.1) is 25.2 Å². The van der Waals surface area contributed by atoms with E-state index in [1.165, 1.54) is 21.0 Å². The summed E-state index contributed by atoms with van der Waals surface area (Å²) in [5.41, 5.74) is -1.55. The lowest BCUT2D eigenvalue weighted by molar-refractivity contribution is -0.138. The molecule has 0 radical (unpaired) electrons. The van der Waals surface area contributed by atoms with Crippen molar-refractivity contribution in [3.8, 4) is 5.75 Å². The topological polar surface area (TPSA) is 93.1 Å². The van der Waals surface area contributed by atoms with Gasteiger partial charge in [0.2, 0.25) is 5.91 Å². The Bertz CT molecular complexity index is 702. The fraction of sp³-hybridized carbons (Fsp3) is 0.312. The number of carboxylic acids is 1. The lowest BCUT2D eigenvalue weighted by Crippen LogP contribution is -2.35. The normalized spacial score (nSPS) is 16.5. The van der Waals surface area contributed by atoms with Crippen molar-refractivity contribution < 1.29 is 29.0 Å². The Morgan fingerprint density at radius 2 is 1.70 bits per heavy atom. The molecular formula is C16H17NO6. The van der Waals surface area contributed by atoms with Crippen LogP contribution in [0.1, 0.15) is 13.8 Å². The number of anilines is 1. The maximum Gasteiger partial charge on any atom is 0.355 e. The number of carboxylic acid groups (broad SMARTS) is 1. The number of esters is 1. The van der Waals surface area contributed by atoms with Crippen LogP contribution in [0, 0.1) is 5.41 Å². The number of hydrogen-bond donors (Lipinski definition) is 1. The third-order valence-corrected chi connectivity index (χ3v) is 3.75. The maximum atomic E-state index is 12.7. The molecule has 0 aliphatic carbocycles. The molecule has 0 saturated heterocycles. The van der Waals surface area contributed by atoms with Crippen molar-refractivity contribution in [2.75, 3.05) is 19.1 Å². The highest BCUT2D eigenvalue weighted by Gasteiger charge is 2.52. The van der Waals surface area contributed by atoms with Crippen LogP contribution in [0.5, 0.6) is 5.75 Å². The van der Waals surface area contributed by atoms with Crippen LogP contribution >= 0.6 is 0 Å². The molecule has 7 heteroatoms. The van der Waals surface area contributed by atoms with Gasteiger partial charge < -0.3 is 14.6 Å². The van der Waals surface area contributed by atoms with Crippen molar-refractivity contribution in [1.29, 1.82) is 0 Å². The van der Waals surface area contributed by atoms with Gasteiger partial charge in [-0.2, -0.15) is 0 Å². The molecule has 1 aromatic rings. The second-order valence-corrected chi connectivity index (χ2v) is 5.48. The zero-order valence-electron chi connectivity index (χ0n) is 13.2. The largest absolute Gasteiger partial charge is 0.497 e. The summed E-state index contributed by atoms with van der Waals surface area (Å²) in [5, 5.41) is 9.46. The Kier molecular flexibility index (Phi) is 4.14. The summed E-state index contributed by atoms with van der Waals surface area (Å²) in [6.45, 7) is 2.93. The predicted molar refractivity (Wildman–Crippen MR) is 80.9 cm³/mol. The van der Waals surface area contributed by atoms with E-state index in [1.807, 2.05) is 0 Å². The molecule has 7 nitrogen and oxygen atoms in total. The number of aliphatic carboxylic acids is 1. The number of carbonyl (C=O) groups excluding carboxylic acids is 2. The summed E-state index contributed by atoms with van der Waals surface area (Å²) in [6, 6.07) is 6.37. The number of rotatable bonds is 4. The molecule has 0 unspecified atom stereocenters. The molecule has 0 bridgehead atoms. The molecule has 122 valence electrons. The molecule has 0 atom stereocenters. The van der Waals surface area contributed by atoms with E-state index in [4.69, 9.17) is 4.74 Å². The number of ether oxygens (including phenoxy) is 2. The van der Waals surface area contributed by atoms with Crippen LogP contribution in [0.2, 0.25) is 0 Å². The zero-order valence-corrected chi connectivity index (χ0v) is 13.2. The monoisotopic (exact) mass is 319 g/mol. The highest BCUT2D eigenvalue weighted by Crippen LogP contribution is 2.43. The summed E-state index contributed by atoms with van der Waals surface area (Å²) in [7, 11) is 2.64. The predicted octanol–water partition coefficient (Wildman–Crippen LogP) is 1.58. The second-order valence-electron chi connectivity index (χ2n) is 5.48. The molecule has 1 aliphatic rings. The number of carbonyl (C=O) groups is 3. The average Bonchev–Trinajstić information content (AvgIpc) is 2.74. The Hall–Kier alpha value is -2.83. The van der Waals surface area contributed by atoms with Crippen molar-refractivity contribution in [3.05, 3.63) is 35.5 Å². The van der Waals surface area contributed by atoms with Crippen molar-refractivity contribution in [1.82, 2.24) is 0 Å². The molecule has 23 heavy (non-hydrogen) atoms. The van der Waals surface area contributed by atoms with Gasteiger partial charge in [-0.15, -0.1) is 0 Å². The number of hydrogen-bond acceptors (Lipinski definition) is 5. The minimum Gasteiger partial charge on any atom is -0.497 e. The van der Waals surface area contributed by atoms with E-state index in [0.717, 1.165) is 12.0 Å². The SMILES string of the molecule is COC(=O)C1=C(C(=O)O)C(C)(C)C(=O)N1c1ccc(OC)cc1. The minimum atomic E-state index is -1.35. The molecule has 0 saturated carbocycles. The number of methoxy groups -OCH3 is 2. The summed E-state index contributed by atoms with van der Waals surface area (Å²) in [4.78, 5) is 37.5. The second kappa shape index (κ2) is 5.75. The molecule has 1 aromatic carbocycles. The number of nitrogens with zero attached hydrogens (tertiary/aromatic N) is 1. The Morgan fingerprint density at radius 1 is 1.13 bits per heavy atom. The van der Waals surface area contributed by atoms with Crippen molar-refractivity contribution in [2.45, 2.75) is 13.8 Å². The van der Waals surface area contributed by atoms with Gasteiger partial charge in [-0.05, 0) is 38.1 Å². The molecule has 0 aromatic heterocycles. The first-order valence-electron chi connectivity index (χ1n) is 6.80. The standard InChI is InChI=1S/C16H17NO6/c1-16(2)11(13(18)19)12(14(20)23-4)17(15(16)21)9-5-7-10(22-3)8-6-9/h5-8H,1-4H3,(H,18,19). The molecule has 1 N–H and O–H groups in total. The lowest BCUT2D eigenvalue weighted by atomic mass is 9.85. The highest BCUT2D eigenvalue weighted by molar-refractivity contribution is 6.20. The van der Waals surface area contributed by atoms with Crippen LogP contribution in [0.25, 0.3) is 0 Å². The smallest absolute Gasteiger partial charge is 0.355 e. The fourth-order valence-electron chi connectivity index (χ4n) is 2.53. The summed E-state index contributed by atoms with van der Waals surface area (Å²) < 4.78 is 9.73. The van der Waals surface area contributed by atoms with Crippen molar-refractivity contribution in [2.24, 2.45) is 5.41 Å². The highest BCUT2D eigenvalue weighted by atomic mass is 16.5. The van der Waals surface area contributed by atoms with Gasteiger partial charge >= 0.3 is 11.9 Å². The van der Waals surface area contributed by atoms with Crippen LogP contribution in [0.3, 0.4) is 0 Å². The van der Waals surface area contributed by atoms with E-state index in [2.05, 4.69) is 4.74 Å². The fourth-order valence-corrected chi connectivity index (χ4v) is 2.53. The maximum absolute atomic E-state index is 12.7. The molecule has 0 spiro atoms. The third-order valence-electron chi connectivity index (χ3n) is 3.75. The molecule has 1 heterocycles. The van der Waals surface area contributed by atoms with Gasteiger partial charge in [-0.3, -0.25) is 9.69 Å². The Labute approximate surface area is 133 Å². The van der Waals surface area contributed by atoms with Crippen LogP contribution < -0.4 is 9.64 Å². The van der Waals surface area contributed by atoms with Gasteiger partial charge in [0.25, 0.3) is 0 Å². The van der Waals surface area contributed by atoms with Crippen molar-refractivity contribution >= 4 is 23.5 Å². The van der Waals surface area contributed by atoms with E-state index in [0.29, 0.717) is 11.4 Å². The molecule has 1 amide bonds. The van der Waals surface area contributed by atoms with Gasteiger partial charge in [0, 0.05) is 5.69 Å². The molecule has 1 aliphatic heterocycles. The first-order chi connectivity index (χ1) is 10.8. The number of benzene rings is 1. The van der Waals surface area contributed by atoms with Crippen LogP contribution in [-0.4, -0.2) is 37.2 Å². The molecular weight excluding hydrogens is 302 g/mol. The van der Waals surface area contributed by atoms with Gasteiger partial charge in [0.15, 0.2) is 0 Å². The summed E-state index contributed by atoms with van der Waals surface area (Å²) in [5.74, 6) is -2.15. The van der Waals surface area contributed by atoms with E-state index >= 15 is 0 Å². The summed E-state index contributed by atoms with van der Waals surface area (Å²) in [6.07, 6.45) is 0. The molecule has 0 fully saturated rings. The lowest BCUT2D eigenvalue weighted by Gasteiger charge is -2.22. The summed E-state index contributed by atoms with van der Waals surface area (Å²) >= 11 is 0. The molecule has 2 rings (SSSR count). The number of amides is 1. The third kappa shape index (κ3) is 2.54. The van der Waals surface area contributed by atoms with E-state index in [9.17, 15) is 19.5 Å². The zero-order chi connectivity index (χ0) is 17.4. The van der Waals surface area contributed by atoms with E-state index in [-0.39, 0.29) is 11.3 Å². The first kappa shape index (κ1) is 16.5.